The molecule has 1 saturated heterocycles. The average molecular weight is 368 g/mol. The van der Waals surface area contributed by atoms with Crippen LogP contribution in [0.25, 0.3) is 0 Å². The summed E-state index contributed by atoms with van der Waals surface area (Å²) in [6, 6.07) is 1.22. The highest BCUT2D eigenvalue weighted by Crippen LogP contribution is 2.36. The van der Waals surface area contributed by atoms with Gasteiger partial charge in [-0.05, 0) is 33.8 Å². The maximum atomic E-state index is 12.5. The SMILES string of the molecule is CC1CN(S(=O)(=O)c2cc(C(=O)O)sc2Br)CC1C. The lowest BCUT2D eigenvalue weighted by Gasteiger charge is -2.15. The van der Waals surface area contributed by atoms with Crippen LogP contribution in [0, 0.1) is 11.8 Å². The number of hydrogen-bond acceptors (Lipinski definition) is 4. The summed E-state index contributed by atoms with van der Waals surface area (Å²) < 4.78 is 26.8. The molecule has 2 atom stereocenters. The summed E-state index contributed by atoms with van der Waals surface area (Å²) >= 11 is 4.07. The van der Waals surface area contributed by atoms with E-state index in [0.29, 0.717) is 28.7 Å². The Bertz CT molecular complexity index is 600. The molecule has 106 valence electrons. The van der Waals surface area contributed by atoms with Crippen LogP contribution in [0.15, 0.2) is 14.7 Å². The molecule has 1 aliphatic rings. The summed E-state index contributed by atoms with van der Waals surface area (Å²) in [5.41, 5.74) is 0. The Labute approximate surface area is 124 Å². The van der Waals surface area contributed by atoms with Crippen molar-refractivity contribution in [1.29, 1.82) is 0 Å². The van der Waals surface area contributed by atoms with E-state index in [1.165, 1.54) is 10.4 Å². The number of carboxylic acid groups (broad SMARTS) is 1. The number of thiophene rings is 1. The molecule has 0 bridgehead atoms. The number of halogens is 1. The van der Waals surface area contributed by atoms with E-state index in [9.17, 15) is 13.2 Å². The van der Waals surface area contributed by atoms with Gasteiger partial charge in [-0.25, -0.2) is 13.2 Å². The fourth-order valence-electron chi connectivity index (χ4n) is 2.05. The lowest BCUT2D eigenvalue weighted by molar-refractivity contribution is 0.0702. The normalized spacial score (nSPS) is 24.8. The second-order valence-corrected chi connectivity index (χ2v) is 9.11. The zero-order valence-corrected chi connectivity index (χ0v) is 13.7. The van der Waals surface area contributed by atoms with Gasteiger partial charge < -0.3 is 5.11 Å². The quantitative estimate of drug-likeness (QED) is 0.890. The second-order valence-electron chi connectivity index (χ2n) is 4.83. The van der Waals surface area contributed by atoms with Gasteiger partial charge in [0.25, 0.3) is 0 Å². The number of hydrogen-bond donors (Lipinski definition) is 1. The second kappa shape index (κ2) is 5.16. The van der Waals surface area contributed by atoms with E-state index in [-0.39, 0.29) is 9.77 Å². The first-order valence-corrected chi connectivity index (χ1v) is 8.81. The molecule has 0 amide bonds. The first-order valence-electron chi connectivity index (χ1n) is 5.76. The third kappa shape index (κ3) is 2.72. The van der Waals surface area contributed by atoms with Crippen molar-refractivity contribution in [2.75, 3.05) is 13.1 Å². The third-order valence-electron chi connectivity index (χ3n) is 3.44. The first kappa shape index (κ1) is 15.0. The molecule has 2 heterocycles. The molecule has 0 radical (unpaired) electrons. The fraction of sp³-hybridized carbons (Fsp3) is 0.545. The smallest absolute Gasteiger partial charge is 0.345 e. The van der Waals surface area contributed by atoms with Crippen molar-refractivity contribution in [1.82, 2.24) is 4.31 Å². The molecule has 0 spiro atoms. The van der Waals surface area contributed by atoms with E-state index in [1.807, 2.05) is 13.8 Å². The Morgan fingerprint density at radius 2 is 1.95 bits per heavy atom. The van der Waals surface area contributed by atoms with E-state index in [0.717, 1.165) is 11.3 Å². The average Bonchev–Trinajstić information content (AvgIpc) is 2.84. The number of rotatable bonds is 3. The number of sulfonamides is 1. The molecular weight excluding hydrogens is 354 g/mol. The number of aromatic carboxylic acids is 1. The van der Waals surface area contributed by atoms with Crippen molar-refractivity contribution in [3.8, 4) is 0 Å². The van der Waals surface area contributed by atoms with Gasteiger partial charge in [-0.2, -0.15) is 4.31 Å². The molecular formula is C11H14BrNO4S2. The maximum Gasteiger partial charge on any atom is 0.345 e. The van der Waals surface area contributed by atoms with Gasteiger partial charge in [0.05, 0.1) is 3.79 Å². The summed E-state index contributed by atoms with van der Waals surface area (Å²) in [5, 5.41) is 8.92. The summed E-state index contributed by atoms with van der Waals surface area (Å²) in [6.45, 7) is 5.00. The van der Waals surface area contributed by atoms with Crippen LogP contribution in [0.4, 0.5) is 0 Å². The molecule has 0 saturated carbocycles. The Hall–Kier alpha value is -0.440. The van der Waals surface area contributed by atoms with Gasteiger partial charge in [0.2, 0.25) is 10.0 Å². The predicted molar refractivity (Wildman–Crippen MR) is 76.1 cm³/mol. The molecule has 5 nitrogen and oxygen atoms in total. The van der Waals surface area contributed by atoms with Crippen molar-refractivity contribution in [2.24, 2.45) is 11.8 Å². The van der Waals surface area contributed by atoms with Crippen LogP contribution in [-0.2, 0) is 10.0 Å². The Morgan fingerprint density at radius 1 is 1.42 bits per heavy atom. The largest absolute Gasteiger partial charge is 0.477 e. The minimum absolute atomic E-state index is 0.0192. The highest BCUT2D eigenvalue weighted by atomic mass is 79.9. The minimum Gasteiger partial charge on any atom is -0.477 e. The van der Waals surface area contributed by atoms with Gasteiger partial charge >= 0.3 is 5.97 Å². The van der Waals surface area contributed by atoms with Crippen molar-refractivity contribution in [3.05, 3.63) is 14.7 Å². The molecule has 1 aromatic heterocycles. The summed E-state index contributed by atoms with van der Waals surface area (Å²) in [7, 11) is -3.61. The van der Waals surface area contributed by atoms with Gasteiger partial charge in [-0.3, -0.25) is 0 Å². The molecule has 1 fully saturated rings. The molecule has 2 rings (SSSR count). The molecule has 19 heavy (non-hydrogen) atoms. The van der Waals surface area contributed by atoms with Crippen molar-refractivity contribution in [2.45, 2.75) is 18.7 Å². The molecule has 1 aliphatic heterocycles. The molecule has 1 aromatic rings. The van der Waals surface area contributed by atoms with E-state index in [2.05, 4.69) is 15.9 Å². The Kier molecular flexibility index (Phi) is 4.06. The van der Waals surface area contributed by atoms with Crippen molar-refractivity contribution < 1.29 is 18.3 Å². The summed E-state index contributed by atoms with van der Waals surface area (Å²) in [4.78, 5) is 11.0. The molecule has 0 aromatic carbocycles. The Balaban J connectivity index is 2.38. The zero-order valence-electron chi connectivity index (χ0n) is 10.5. The van der Waals surface area contributed by atoms with E-state index < -0.39 is 16.0 Å². The van der Waals surface area contributed by atoms with Gasteiger partial charge in [0.15, 0.2) is 0 Å². The first-order chi connectivity index (χ1) is 8.73. The number of carboxylic acids is 1. The third-order valence-corrected chi connectivity index (χ3v) is 7.51. The lowest BCUT2D eigenvalue weighted by Crippen LogP contribution is -2.29. The van der Waals surface area contributed by atoms with Crippen LogP contribution >= 0.6 is 27.3 Å². The van der Waals surface area contributed by atoms with Crippen molar-refractivity contribution >= 4 is 43.3 Å². The van der Waals surface area contributed by atoms with Gasteiger partial charge in [-0.1, -0.05) is 13.8 Å². The predicted octanol–water partition coefficient (Wildman–Crippen LogP) is 2.49. The molecule has 1 N–H and O–H groups in total. The van der Waals surface area contributed by atoms with Crippen LogP contribution in [0.2, 0.25) is 0 Å². The van der Waals surface area contributed by atoms with Crippen LogP contribution in [0.5, 0.6) is 0 Å². The van der Waals surface area contributed by atoms with Crippen LogP contribution in [0.3, 0.4) is 0 Å². The van der Waals surface area contributed by atoms with Crippen LogP contribution < -0.4 is 0 Å². The summed E-state index contributed by atoms with van der Waals surface area (Å²) in [5.74, 6) is -0.493. The van der Waals surface area contributed by atoms with E-state index in [1.54, 1.807) is 0 Å². The molecule has 2 unspecified atom stereocenters. The molecule has 0 aliphatic carbocycles. The fourth-order valence-corrected chi connectivity index (χ4v) is 6.04. The standard InChI is InChI=1S/C11H14BrNO4S2/c1-6-4-13(5-7(6)2)19(16,17)9-3-8(11(14)15)18-10(9)12/h3,6-7H,4-5H2,1-2H3,(H,14,15). The van der Waals surface area contributed by atoms with Crippen molar-refractivity contribution in [3.63, 3.8) is 0 Å². The Morgan fingerprint density at radius 3 is 2.37 bits per heavy atom. The topological polar surface area (TPSA) is 74.7 Å². The van der Waals surface area contributed by atoms with Gasteiger partial charge in [0, 0.05) is 13.1 Å². The monoisotopic (exact) mass is 367 g/mol. The summed E-state index contributed by atoms with van der Waals surface area (Å²) in [6.07, 6.45) is 0. The van der Waals surface area contributed by atoms with Gasteiger partial charge in [0.1, 0.15) is 9.77 Å². The van der Waals surface area contributed by atoms with Crippen LogP contribution in [0.1, 0.15) is 23.5 Å². The highest BCUT2D eigenvalue weighted by Gasteiger charge is 2.36. The number of nitrogens with zero attached hydrogens (tertiary/aromatic N) is 1. The van der Waals surface area contributed by atoms with Crippen LogP contribution in [-0.4, -0.2) is 36.9 Å². The lowest BCUT2D eigenvalue weighted by atomic mass is 10.0. The van der Waals surface area contributed by atoms with Gasteiger partial charge in [-0.15, -0.1) is 11.3 Å². The van der Waals surface area contributed by atoms with E-state index in [4.69, 9.17) is 5.11 Å². The zero-order chi connectivity index (χ0) is 14.4. The maximum absolute atomic E-state index is 12.5. The van der Waals surface area contributed by atoms with E-state index >= 15 is 0 Å². The minimum atomic E-state index is -3.61. The number of carbonyl (C=O) groups is 1. The highest BCUT2D eigenvalue weighted by molar-refractivity contribution is 9.11. The molecule has 8 heteroatoms.